The third kappa shape index (κ3) is 4.97. The van der Waals surface area contributed by atoms with Crippen LogP contribution in [0.4, 0.5) is 4.79 Å². The molecule has 3 rings (SSSR count). The Morgan fingerprint density at radius 1 is 1.12 bits per heavy atom. The fraction of sp³-hybridized carbons (Fsp3) is 0.600. The van der Waals surface area contributed by atoms with Gasteiger partial charge in [0.05, 0.1) is 5.92 Å². The first kappa shape index (κ1) is 18.7. The summed E-state index contributed by atoms with van der Waals surface area (Å²) in [5.41, 5.74) is 2.36. The van der Waals surface area contributed by atoms with Crippen LogP contribution in [0, 0.1) is 11.8 Å². The van der Waals surface area contributed by atoms with Gasteiger partial charge in [0.25, 0.3) is 0 Å². The molecule has 2 fully saturated rings. The van der Waals surface area contributed by atoms with E-state index in [9.17, 15) is 14.7 Å². The Bertz CT molecular complexity index is 626. The highest BCUT2D eigenvalue weighted by Crippen LogP contribution is 2.22. The van der Waals surface area contributed by atoms with Gasteiger partial charge in [0.15, 0.2) is 0 Å². The minimum atomic E-state index is -0.817. The highest BCUT2D eigenvalue weighted by Gasteiger charge is 2.31. The molecule has 6 heteroatoms. The van der Waals surface area contributed by atoms with Gasteiger partial charge in [-0.3, -0.25) is 9.69 Å². The summed E-state index contributed by atoms with van der Waals surface area (Å²) in [6, 6.07) is 8.20. The maximum Gasteiger partial charge on any atom is 0.317 e. The number of carboxylic acid groups (broad SMARTS) is 1. The van der Waals surface area contributed by atoms with Crippen molar-refractivity contribution in [3.05, 3.63) is 35.4 Å². The number of nitrogens with zero attached hydrogens (tertiary/aromatic N) is 2. The van der Waals surface area contributed by atoms with E-state index in [0.29, 0.717) is 26.1 Å². The Morgan fingerprint density at radius 3 is 2.42 bits per heavy atom. The van der Waals surface area contributed by atoms with Crippen LogP contribution in [0.3, 0.4) is 0 Å². The Morgan fingerprint density at radius 2 is 1.77 bits per heavy atom. The Labute approximate surface area is 155 Å². The fourth-order valence-electron chi connectivity index (χ4n) is 3.95. The lowest BCUT2D eigenvalue weighted by molar-refractivity contribution is -0.143. The molecule has 2 unspecified atom stereocenters. The smallest absolute Gasteiger partial charge is 0.317 e. The van der Waals surface area contributed by atoms with Crippen LogP contribution in [0.5, 0.6) is 0 Å². The lowest BCUT2D eigenvalue weighted by atomic mass is 9.91. The second-order valence-electron chi connectivity index (χ2n) is 7.74. The maximum absolute atomic E-state index is 12.4. The van der Waals surface area contributed by atoms with Crippen LogP contribution < -0.4 is 5.32 Å². The minimum Gasteiger partial charge on any atom is -0.481 e. The van der Waals surface area contributed by atoms with E-state index in [2.05, 4.69) is 34.5 Å². The molecule has 2 atom stereocenters. The molecule has 2 aliphatic heterocycles. The van der Waals surface area contributed by atoms with E-state index in [4.69, 9.17) is 0 Å². The molecular formula is C20H29N3O3. The minimum absolute atomic E-state index is 0.177. The molecule has 0 radical (unpaired) electrons. The van der Waals surface area contributed by atoms with Crippen molar-refractivity contribution >= 4 is 12.0 Å². The molecule has 2 saturated heterocycles. The molecule has 2 aliphatic rings. The second kappa shape index (κ2) is 8.54. The number of carbonyl (C=O) groups is 2. The lowest BCUT2D eigenvalue weighted by Crippen LogP contribution is -2.49. The largest absolute Gasteiger partial charge is 0.481 e. The predicted molar refractivity (Wildman–Crippen MR) is 99.7 cm³/mol. The van der Waals surface area contributed by atoms with E-state index < -0.39 is 11.9 Å². The molecule has 26 heavy (non-hydrogen) atoms. The Hall–Kier alpha value is -2.08. The predicted octanol–water partition coefficient (Wildman–Crippen LogP) is 2.53. The molecule has 0 saturated carbocycles. The van der Waals surface area contributed by atoms with E-state index in [1.54, 1.807) is 4.90 Å². The number of nitrogens with one attached hydrogen (secondary N) is 1. The summed E-state index contributed by atoms with van der Waals surface area (Å²) in [6.45, 7) is 6.73. The molecule has 2 amide bonds. The molecule has 2 N–H and O–H groups in total. The number of rotatable bonds is 5. The zero-order valence-corrected chi connectivity index (χ0v) is 15.5. The topological polar surface area (TPSA) is 72.9 Å². The Balaban J connectivity index is 1.48. The number of likely N-dealkylation sites (tertiary alicyclic amines) is 2. The van der Waals surface area contributed by atoms with Gasteiger partial charge in [0, 0.05) is 26.2 Å². The lowest BCUT2D eigenvalue weighted by Gasteiger charge is -2.34. The molecule has 2 heterocycles. The van der Waals surface area contributed by atoms with Gasteiger partial charge < -0.3 is 15.3 Å². The molecule has 1 aromatic carbocycles. The van der Waals surface area contributed by atoms with E-state index >= 15 is 0 Å². The summed E-state index contributed by atoms with van der Waals surface area (Å²) in [7, 11) is 0. The monoisotopic (exact) mass is 359 g/mol. The van der Waals surface area contributed by atoms with Gasteiger partial charge in [-0.25, -0.2) is 4.79 Å². The van der Waals surface area contributed by atoms with Gasteiger partial charge >= 0.3 is 12.0 Å². The van der Waals surface area contributed by atoms with Crippen molar-refractivity contribution < 1.29 is 14.7 Å². The van der Waals surface area contributed by atoms with Gasteiger partial charge in [-0.1, -0.05) is 31.2 Å². The van der Waals surface area contributed by atoms with Crippen molar-refractivity contribution in [1.82, 2.24) is 15.1 Å². The average molecular weight is 359 g/mol. The summed E-state index contributed by atoms with van der Waals surface area (Å²) in [6.07, 6.45) is 3.22. The molecule has 1 aromatic rings. The zero-order valence-electron chi connectivity index (χ0n) is 15.5. The van der Waals surface area contributed by atoms with E-state index in [-0.39, 0.29) is 11.9 Å². The number of carbonyl (C=O) groups excluding carboxylic acids is 1. The molecule has 142 valence electrons. The van der Waals surface area contributed by atoms with Gasteiger partial charge in [-0.2, -0.15) is 0 Å². The number of benzene rings is 1. The first-order valence-corrected chi connectivity index (χ1v) is 9.57. The van der Waals surface area contributed by atoms with Gasteiger partial charge in [-0.15, -0.1) is 0 Å². The third-order valence-electron chi connectivity index (χ3n) is 5.37. The van der Waals surface area contributed by atoms with Crippen molar-refractivity contribution in [3.63, 3.8) is 0 Å². The summed E-state index contributed by atoms with van der Waals surface area (Å²) < 4.78 is 0. The number of amides is 2. The van der Waals surface area contributed by atoms with E-state index in [0.717, 1.165) is 12.1 Å². The molecule has 0 aromatic heterocycles. The van der Waals surface area contributed by atoms with Crippen molar-refractivity contribution in [2.75, 3.05) is 26.2 Å². The molecule has 0 bridgehead atoms. The van der Waals surface area contributed by atoms with E-state index in [1.807, 2.05) is 6.92 Å². The average Bonchev–Trinajstić information content (AvgIpc) is 3.13. The van der Waals surface area contributed by atoms with Crippen molar-refractivity contribution in [2.24, 2.45) is 11.8 Å². The number of carboxylic acids is 1. The maximum atomic E-state index is 12.4. The van der Waals surface area contributed by atoms with Gasteiger partial charge in [0.1, 0.15) is 0 Å². The summed E-state index contributed by atoms with van der Waals surface area (Å²) in [5, 5.41) is 12.2. The highest BCUT2D eigenvalue weighted by molar-refractivity contribution is 5.76. The van der Waals surface area contributed by atoms with Gasteiger partial charge in [0.2, 0.25) is 0 Å². The van der Waals surface area contributed by atoms with Crippen LogP contribution in [0.25, 0.3) is 0 Å². The summed E-state index contributed by atoms with van der Waals surface area (Å²) in [4.78, 5) is 27.7. The highest BCUT2D eigenvalue weighted by atomic mass is 16.4. The van der Waals surface area contributed by atoms with Crippen LogP contribution in [0.1, 0.15) is 37.3 Å². The van der Waals surface area contributed by atoms with Crippen LogP contribution in [-0.2, 0) is 17.9 Å². The quantitative estimate of drug-likeness (QED) is 0.847. The number of aliphatic carboxylic acids is 1. The van der Waals surface area contributed by atoms with E-state index in [1.165, 1.54) is 31.5 Å². The number of piperidine rings is 1. The zero-order chi connectivity index (χ0) is 18.5. The standard InChI is InChI=1S/C20H29N3O3/c1-15-10-18(19(24)25)14-23(12-15)20(26)21-11-16-4-6-17(7-5-16)13-22-8-2-3-9-22/h4-7,15,18H,2-3,8-14H2,1H3,(H,21,26)(H,24,25). The number of urea groups is 1. The van der Waals surface area contributed by atoms with Crippen LogP contribution >= 0.6 is 0 Å². The van der Waals surface area contributed by atoms with Crippen molar-refractivity contribution in [3.8, 4) is 0 Å². The SMILES string of the molecule is CC1CC(C(=O)O)CN(C(=O)NCc2ccc(CN3CCCC3)cc2)C1. The van der Waals surface area contributed by atoms with Crippen LogP contribution in [0.2, 0.25) is 0 Å². The van der Waals surface area contributed by atoms with Crippen LogP contribution in [0.15, 0.2) is 24.3 Å². The Kier molecular flexibility index (Phi) is 6.14. The molecule has 0 spiro atoms. The first-order chi connectivity index (χ1) is 12.5. The summed E-state index contributed by atoms with van der Waals surface area (Å²) in [5.74, 6) is -1.07. The molecular weight excluding hydrogens is 330 g/mol. The number of hydrogen-bond acceptors (Lipinski definition) is 3. The third-order valence-corrected chi connectivity index (χ3v) is 5.37. The fourth-order valence-corrected chi connectivity index (χ4v) is 3.95. The second-order valence-corrected chi connectivity index (χ2v) is 7.74. The number of hydrogen-bond donors (Lipinski definition) is 2. The molecule has 6 nitrogen and oxygen atoms in total. The van der Waals surface area contributed by atoms with Crippen LogP contribution in [-0.4, -0.2) is 53.1 Å². The summed E-state index contributed by atoms with van der Waals surface area (Å²) >= 11 is 0. The van der Waals surface area contributed by atoms with Crippen molar-refractivity contribution in [1.29, 1.82) is 0 Å². The normalized spacial score (nSPS) is 23.8. The van der Waals surface area contributed by atoms with Crippen molar-refractivity contribution in [2.45, 2.75) is 39.3 Å². The van der Waals surface area contributed by atoms with Gasteiger partial charge in [-0.05, 0) is 49.4 Å². The molecule has 0 aliphatic carbocycles. The first-order valence-electron chi connectivity index (χ1n) is 9.57.